The molecule has 1 fully saturated rings. The van der Waals surface area contributed by atoms with E-state index in [4.69, 9.17) is 0 Å². The second-order valence-electron chi connectivity index (χ2n) is 8.37. The third kappa shape index (κ3) is 6.22. The van der Waals surface area contributed by atoms with Gasteiger partial charge in [-0.1, -0.05) is 24.3 Å². The number of rotatable bonds is 6. The van der Waals surface area contributed by atoms with Gasteiger partial charge >= 0.3 is 0 Å². The van der Waals surface area contributed by atoms with Gasteiger partial charge in [0.05, 0.1) is 0 Å². The number of aromatic amines is 1. The monoisotopic (exact) mass is 549 g/mol. The molecule has 7 heteroatoms. The predicted molar refractivity (Wildman–Crippen MR) is 141 cm³/mol. The number of H-pyrrole nitrogens is 1. The smallest absolute Gasteiger partial charge is 0.191 e. The molecule has 0 saturated carbocycles. The van der Waals surface area contributed by atoms with E-state index in [1.54, 1.807) is 12.1 Å². The number of nitrogens with one attached hydrogen (secondary N) is 3. The van der Waals surface area contributed by atoms with Gasteiger partial charge in [0.25, 0.3) is 0 Å². The molecular weight excluding hydrogens is 516 g/mol. The molecule has 32 heavy (non-hydrogen) atoms. The Bertz CT molecular complexity index is 1040. The highest BCUT2D eigenvalue weighted by atomic mass is 127. The first-order chi connectivity index (χ1) is 15.1. The number of hydrogen-bond donors (Lipinski definition) is 3. The van der Waals surface area contributed by atoms with Gasteiger partial charge in [-0.2, -0.15) is 0 Å². The normalized spacial score (nSPS) is 15.5. The Morgan fingerprint density at radius 2 is 1.94 bits per heavy atom. The summed E-state index contributed by atoms with van der Waals surface area (Å²) in [5, 5.41) is 7.93. The summed E-state index contributed by atoms with van der Waals surface area (Å²) in [7, 11) is 1.81. The Labute approximate surface area is 206 Å². The van der Waals surface area contributed by atoms with E-state index in [-0.39, 0.29) is 29.8 Å². The quantitative estimate of drug-likeness (QED) is 0.239. The largest absolute Gasteiger partial charge is 0.361 e. The molecule has 2 heterocycles. The van der Waals surface area contributed by atoms with E-state index in [0.29, 0.717) is 6.04 Å². The molecule has 0 aliphatic carbocycles. The van der Waals surface area contributed by atoms with Gasteiger partial charge < -0.3 is 15.6 Å². The highest BCUT2D eigenvalue weighted by Gasteiger charge is 2.20. The van der Waals surface area contributed by atoms with Crippen LogP contribution < -0.4 is 10.6 Å². The number of aliphatic imine (C=N–C) groups is 1. The van der Waals surface area contributed by atoms with Crippen molar-refractivity contribution >= 4 is 40.8 Å². The summed E-state index contributed by atoms with van der Waals surface area (Å²) in [4.78, 5) is 10.1. The van der Waals surface area contributed by atoms with Crippen LogP contribution in [0.5, 0.6) is 0 Å². The first-order valence-electron chi connectivity index (χ1n) is 11.1. The average molecular weight is 549 g/mol. The second kappa shape index (κ2) is 11.7. The fourth-order valence-electron chi connectivity index (χ4n) is 4.32. The van der Waals surface area contributed by atoms with E-state index < -0.39 is 0 Å². The number of hydrogen-bond acceptors (Lipinski definition) is 2. The molecule has 4 rings (SSSR count). The number of likely N-dealkylation sites (tertiary alicyclic amines) is 1. The van der Waals surface area contributed by atoms with Gasteiger partial charge in [-0.3, -0.25) is 9.89 Å². The summed E-state index contributed by atoms with van der Waals surface area (Å²) in [6.07, 6.45) is 4.98. The van der Waals surface area contributed by atoms with Crippen molar-refractivity contribution in [2.24, 2.45) is 4.99 Å². The van der Waals surface area contributed by atoms with E-state index in [0.717, 1.165) is 67.9 Å². The fourth-order valence-corrected chi connectivity index (χ4v) is 4.32. The molecule has 0 bridgehead atoms. The topological polar surface area (TPSA) is 55.5 Å². The van der Waals surface area contributed by atoms with Gasteiger partial charge in [0.1, 0.15) is 5.82 Å². The minimum Gasteiger partial charge on any atom is -0.361 e. The molecule has 172 valence electrons. The first-order valence-corrected chi connectivity index (χ1v) is 11.1. The van der Waals surface area contributed by atoms with Gasteiger partial charge in [-0.15, -0.1) is 24.0 Å². The van der Waals surface area contributed by atoms with Gasteiger partial charge in [0.15, 0.2) is 5.96 Å². The lowest BCUT2D eigenvalue weighted by Gasteiger charge is -2.33. The number of fused-ring (bicyclic) bond motifs is 1. The SMILES string of the molecule is CN=C(NCCc1c[nH]c2ccc(F)cc12)NC1CCN(Cc2ccccc2C)CC1.I. The molecule has 1 aliphatic heterocycles. The molecule has 1 saturated heterocycles. The van der Waals surface area contributed by atoms with Crippen LogP contribution >= 0.6 is 24.0 Å². The summed E-state index contributed by atoms with van der Waals surface area (Å²) in [5.74, 6) is 0.635. The minimum absolute atomic E-state index is 0. The van der Waals surface area contributed by atoms with Crippen molar-refractivity contribution in [2.75, 3.05) is 26.7 Å². The number of benzene rings is 2. The van der Waals surface area contributed by atoms with Crippen LogP contribution in [-0.4, -0.2) is 48.6 Å². The maximum atomic E-state index is 13.6. The van der Waals surface area contributed by atoms with Crippen LogP contribution in [0.15, 0.2) is 53.7 Å². The number of halogens is 2. The maximum absolute atomic E-state index is 13.6. The Kier molecular flexibility index (Phi) is 8.92. The van der Waals surface area contributed by atoms with Gasteiger partial charge in [0, 0.05) is 56.4 Å². The number of aryl methyl sites for hydroxylation is 1. The molecule has 3 N–H and O–H groups in total. The second-order valence-corrected chi connectivity index (χ2v) is 8.37. The van der Waals surface area contributed by atoms with E-state index in [9.17, 15) is 4.39 Å². The molecular formula is C25H33FIN5. The molecule has 3 aromatic rings. The van der Waals surface area contributed by atoms with Crippen LogP contribution in [0.25, 0.3) is 10.9 Å². The summed E-state index contributed by atoms with van der Waals surface area (Å²) in [6, 6.07) is 13.9. The van der Waals surface area contributed by atoms with Gasteiger partial charge in [0.2, 0.25) is 0 Å². The van der Waals surface area contributed by atoms with Gasteiger partial charge in [-0.05, 0) is 61.1 Å². The zero-order valence-electron chi connectivity index (χ0n) is 18.8. The molecule has 5 nitrogen and oxygen atoms in total. The molecule has 2 aromatic carbocycles. The molecule has 1 aromatic heterocycles. The van der Waals surface area contributed by atoms with Crippen LogP contribution in [0, 0.1) is 12.7 Å². The summed E-state index contributed by atoms with van der Waals surface area (Å²) in [6.45, 7) is 6.13. The maximum Gasteiger partial charge on any atom is 0.191 e. The minimum atomic E-state index is -0.201. The lowest BCUT2D eigenvalue weighted by Crippen LogP contribution is -2.48. The lowest BCUT2D eigenvalue weighted by molar-refractivity contribution is 0.198. The third-order valence-corrected chi connectivity index (χ3v) is 6.22. The molecule has 0 atom stereocenters. The van der Waals surface area contributed by atoms with E-state index >= 15 is 0 Å². The standard InChI is InChI=1S/C25H32FN5.HI/c1-18-5-3-4-6-20(18)17-31-13-10-22(11-14-31)30-25(27-2)28-12-9-19-16-29-24-8-7-21(26)15-23(19)24;/h3-8,15-16,22,29H,9-14,17H2,1-2H3,(H2,27,28,30);1H. The molecule has 0 radical (unpaired) electrons. The molecule has 0 spiro atoms. The Morgan fingerprint density at radius 1 is 1.16 bits per heavy atom. The third-order valence-electron chi connectivity index (χ3n) is 6.22. The van der Waals surface area contributed by atoms with Crippen LogP contribution in [0.3, 0.4) is 0 Å². The van der Waals surface area contributed by atoms with Crippen LogP contribution in [-0.2, 0) is 13.0 Å². The van der Waals surface area contributed by atoms with Crippen molar-refractivity contribution < 1.29 is 4.39 Å². The highest BCUT2D eigenvalue weighted by molar-refractivity contribution is 14.0. The Hall–Kier alpha value is -2.13. The van der Waals surface area contributed by atoms with Gasteiger partial charge in [-0.25, -0.2) is 4.39 Å². The zero-order chi connectivity index (χ0) is 21.6. The number of aromatic nitrogens is 1. The Morgan fingerprint density at radius 3 is 2.69 bits per heavy atom. The number of nitrogens with zero attached hydrogens (tertiary/aromatic N) is 2. The summed E-state index contributed by atoms with van der Waals surface area (Å²) < 4.78 is 13.6. The Balaban J connectivity index is 0.00000289. The van der Waals surface area contributed by atoms with Crippen molar-refractivity contribution in [3.8, 4) is 0 Å². The average Bonchev–Trinajstić information content (AvgIpc) is 3.18. The van der Waals surface area contributed by atoms with Crippen molar-refractivity contribution in [3.63, 3.8) is 0 Å². The number of piperidine rings is 1. The number of guanidine groups is 1. The van der Waals surface area contributed by atoms with Crippen LogP contribution in [0.2, 0.25) is 0 Å². The van der Waals surface area contributed by atoms with Crippen LogP contribution in [0.1, 0.15) is 29.5 Å². The van der Waals surface area contributed by atoms with Crippen molar-refractivity contribution in [3.05, 3.63) is 71.2 Å². The molecule has 1 aliphatic rings. The van der Waals surface area contributed by atoms with Crippen molar-refractivity contribution in [2.45, 2.75) is 38.8 Å². The molecule has 0 unspecified atom stereocenters. The van der Waals surface area contributed by atoms with E-state index in [1.807, 2.05) is 13.2 Å². The van der Waals surface area contributed by atoms with Crippen molar-refractivity contribution in [1.29, 1.82) is 0 Å². The van der Waals surface area contributed by atoms with E-state index in [1.165, 1.54) is 17.2 Å². The first kappa shape index (κ1) is 24.5. The highest BCUT2D eigenvalue weighted by Crippen LogP contribution is 2.20. The molecule has 0 amide bonds. The summed E-state index contributed by atoms with van der Waals surface area (Å²) >= 11 is 0. The van der Waals surface area contributed by atoms with Crippen molar-refractivity contribution in [1.82, 2.24) is 20.5 Å². The summed E-state index contributed by atoms with van der Waals surface area (Å²) in [5.41, 5.74) is 4.87. The van der Waals surface area contributed by atoms with E-state index in [2.05, 4.69) is 56.7 Å². The van der Waals surface area contributed by atoms with Crippen LogP contribution in [0.4, 0.5) is 4.39 Å². The lowest BCUT2D eigenvalue weighted by atomic mass is 10.0. The fraction of sp³-hybridized carbons (Fsp3) is 0.400. The predicted octanol–water partition coefficient (Wildman–Crippen LogP) is 4.61. The zero-order valence-corrected chi connectivity index (χ0v) is 21.2.